The summed E-state index contributed by atoms with van der Waals surface area (Å²) in [5.41, 5.74) is 1.30. The molecule has 2 atom stereocenters. The predicted octanol–water partition coefficient (Wildman–Crippen LogP) is 1.14. The van der Waals surface area contributed by atoms with Gasteiger partial charge >= 0.3 is 0 Å². The van der Waals surface area contributed by atoms with Gasteiger partial charge in [0, 0.05) is 50.6 Å². The summed E-state index contributed by atoms with van der Waals surface area (Å²) in [4.78, 5) is 31.1. The lowest BCUT2D eigenvalue weighted by atomic mass is 10.1. The number of pyridine rings is 1. The molecule has 0 radical (unpaired) electrons. The molecule has 27 heavy (non-hydrogen) atoms. The van der Waals surface area contributed by atoms with E-state index in [1.165, 1.54) is 0 Å². The molecule has 2 unspecified atom stereocenters. The molecule has 0 saturated carbocycles. The average Bonchev–Trinajstić information content (AvgIpc) is 3.30. The average molecular weight is 371 g/mol. The zero-order valence-corrected chi connectivity index (χ0v) is 15.6. The van der Waals surface area contributed by atoms with Crippen LogP contribution in [0.1, 0.15) is 42.1 Å². The second-order valence-corrected chi connectivity index (χ2v) is 6.64. The number of likely N-dealkylation sites (tertiary alicyclic amines) is 1. The number of nitrogens with one attached hydrogen (secondary N) is 2. The van der Waals surface area contributed by atoms with Crippen molar-refractivity contribution in [2.45, 2.75) is 45.3 Å². The molecule has 8 nitrogen and oxygen atoms in total. The molecule has 2 aromatic heterocycles. The van der Waals surface area contributed by atoms with E-state index >= 15 is 0 Å². The summed E-state index contributed by atoms with van der Waals surface area (Å²) in [6, 6.07) is 5.08. The Labute approximate surface area is 158 Å². The van der Waals surface area contributed by atoms with E-state index < -0.39 is 0 Å². The van der Waals surface area contributed by atoms with Gasteiger partial charge in [-0.15, -0.1) is 0 Å². The first-order chi connectivity index (χ1) is 13.1. The van der Waals surface area contributed by atoms with Crippen LogP contribution in [-0.4, -0.2) is 52.0 Å². The van der Waals surface area contributed by atoms with Crippen molar-refractivity contribution < 1.29 is 14.1 Å². The fourth-order valence-electron chi connectivity index (χ4n) is 3.32. The quantitative estimate of drug-likeness (QED) is 0.757. The third kappa shape index (κ3) is 4.71. The minimum absolute atomic E-state index is 0.0205. The molecule has 1 aliphatic rings. The Hall–Kier alpha value is -2.74. The van der Waals surface area contributed by atoms with E-state index in [9.17, 15) is 9.59 Å². The Bertz CT molecular complexity index is 777. The highest BCUT2D eigenvalue weighted by molar-refractivity contribution is 5.92. The fraction of sp³-hybridized carbons (Fsp3) is 0.474. The largest absolute Gasteiger partial charge is 0.361 e. The number of amides is 2. The summed E-state index contributed by atoms with van der Waals surface area (Å²) in [5.74, 6) is 0.374. The van der Waals surface area contributed by atoms with Crippen LogP contribution < -0.4 is 10.6 Å². The van der Waals surface area contributed by atoms with E-state index in [0.29, 0.717) is 38.2 Å². The highest BCUT2D eigenvalue weighted by Crippen LogP contribution is 2.21. The van der Waals surface area contributed by atoms with Gasteiger partial charge in [0.05, 0.1) is 6.04 Å². The number of carbonyl (C=O) groups is 2. The van der Waals surface area contributed by atoms with Gasteiger partial charge in [0.25, 0.3) is 5.91 Å². The van der Waals surface area contributed by atoms with Crippen LogP contribution in [0.25, 0.3) is 0 Å². The van der Waals surface area contributed by atoms with Crippen molar-refractivity contribution in [3.63, 3.8) is 0 Å². The van der Waals surface area contributed by atoms with Gasteiger partial charge in [-0.3, -0.25) is 19.5 Å². The molecule has 8 heteroatoms. The molecule has 0 aromatic carbocycles. The first-order valence-electron chi connectivity index (χ1n) is 9.27. The zero-order chi connectivity index (χ0) is 19.2. The SMILES string of the molecule is CCNC(=O)C1CC(NC(=O)c2cc(CC)on2)CN1Cc1cccnc1. The van der Waals surface area contributed by atoms with Gasteiger partial charge in [-0.2, -0.15) is 0 Å². The Balaban J connectivity index is 1.67. The minimum atomic E-state index is -0.293. The van der Waals surface area contributed by atoms with Gasteiger partial charge < -0.3 is 15.2 Å². The van der Waals surface area contributed by atoms with Crippen molar-refractivity contribution in [3.8, 4) is 0 Å². The lowest BCUT2D eigenvalue weighted by molar-refractivity contribution is -0.125. The molecule has 144 valence electrons. The zero-order valence-electron chi connectivity index (χ0n) is 15.6. The van der Waals surface area contributed by atoms with Crippen LogP contribution in [0.3, 0.4) is 0 Å². The molecule has 0 spiro atoms. The fourth-order valence-corrected chi connectivity index (χ4v) is 3.32. The Morgan fingerprint density at radius 3 is 2.89 bits per heavy atom. The predicted molar refractivity (Wildman–Crippen MR) is 98.9 cm³/mol. The molecule has 2 amide bonds. The van der Waals surface area contributed by atoms with Gasteiger partial charge in [-0.05, 0) is 25.0 Å². The topological polar surface area (TPSA) is 100 Å². The Kier molecular flexibility index (Phi) is 6.18. The molecular formula is C19H25N5O3. The first kappa shape index (κ1) is 19.0. The van der Waals surface area contributed by atoms with Crippen LogP contribution in [0.5, 0.6) is 0 Å². The second kappa shape index (κ2) is 8.77. The van der Waals surface area contributed by atoms with E-state index in [4.69, 9.17) is 4.52 Å². The molecular weight excluding hydrogens is 346 g/mol. The number of hydrogen-bond acceptors (Lipinski definition) is 6. The van der Waals surface area contributed by atoms with Crippen molar-refractivity contribution in [3.05, 3.63) is 47.6 Å². The van der Waals surface area contributed by atoms with Crippen molar-refractivity contribution in [2.75, 3.05) is 13.1 Å². The number of likely N-dealkylation sites (N-methyl/N-ethyl adjacent to an activating group) is 1. The van der Waals surface area contributed by atoms with Crippen LogP contribution in [0.15, 0.2) is 35.1 Å². The van der Waals surface area contributed by atoms with E-state index in [-0.39, 0.29) is 29.6 Å². The molecule has 0 aliphatic carbocycles. The third-order valence-electron chi connectivity index (χ3n) is 4.64. The van der Waals surface area contributed by atoms with E-state index in [0.717, 1.165) is 5.56 Å². The summed E-state index contributed by atoms with van der Waals surface area (Å²) >= 11 is 0. The molecule has 3 heterocycles. The van der Waals surface area contributed by atoms with E-state index in [1.807, 2.05) is 26.0 Å². The summed E-state index contributed by atoms with van der Waals surface area (Å²) < 4.78 is 5.10. The maximum atomic E-state index is 12.5. The van der Waals surface area contributed by atoms with Crippen molar-refractivity contribution >= 4 is 11.8 Å². The molecule has 1 fully saturated rings. The van der Waals surface area contributed by atoms with Gasteiger partial charge in [0.2, 0.25) is 5.91 Å². The minimum Gasteiger partial charge on any atom is -0.361 e. The number of rotatable bonds is 7. The van der Waals surface area contributed by atoms with Gasteiger partial charge in [0.15, 0.2) is 5.69 Å². The number of aryl methyl sites for hydroxylation is 1. The highest BCUT2D eigenvalue weighted by atomic mass is 16.5. The van der Waals surface area contributed by atoms with Crippen molar-refractivity contribution in [2.24, 2.45) is 0 Å². The highest BCUT2D eigenvalue weighted by Gasteiger charge is 2.37. The monoisotopic (exact) mass is 371 g/mol. The van der Waals surface area contributed by atoms with Gasteiger partial charge in [0.1, 0.15) is 5.76 Å². The van der Waals surface area contributed by atoms with Crippen molar-refractivity contribution in [1.82, 2.24) is 25.7 Å². The summed E-state index contributed by atoms with van der Waals surface area (Å²) in [5, 5.41) is 9.67. The van der Waals surface area contributed by atoms with Crippen LogP contribution in [0.2, 0.25) is 0 Å². The maximum absolute atomic E-state index is 12.5. The molecule has 1 aliphatic heterocycles. The third-order valence-corrected chi connectivity index (χ3v) is 4.64. The Morgan fingerprint density at radius 1 is 1.37 bits per heavy atom. The van der Waals surface area contributed by atoms with Gasteiger partial charge in [-0.1, -0.05) is 18.1 Å². The lowest BCUT2D eigenvalue weighted by Crippen LogP contribution is -2.42. The second-order valence-electron chi connectivity index (χ2n) is 6.64. The smallest absolute Gasteiger partial charge is 0.273 e. The standard InChI is InChI=1S/C19H25N5O3/c1-3-15-9-16(23-27-15)18(25)22-14-8-17(19(26)21-4-2)24(12-14)11-13-6-5-7-20-10-13/h5-7,9-10,14,17H,3-4,8,11-12H2,1-2H3,(H,21,26)(H,22,25). The molecule has 1 saturated heterocycles. The molecule has 2 aromatic rings. The Morgan fingerprint density at radius 2 is 2.22 bits per heavy atom. The summed E-state index contributed by atoms with van der Waals surface area (Å²) in [7, 11) is 0. The number of aromatic nitrogens is 2. The van der Waals surface area contributed by atoms with Crippen LogP contribution >= 0.6 is 0 Å². The van der Waals surface area contributed by atoms with Crippen LogP contribution in [0.4, 0.5) is 0 Å². The number of nitrogens with zero attached hydrogens (tertiary/aromatic N) is 3. The van der Waals surface area contributed by atoms with E-state index in [1.54, 1.807) is 18.5 Å². The van der Waals surface area contributed by atoms with Crippen LogP contribution in [0, 0.1) is 0 Å². The molecule has 2 N–H and O–H groups in total. The van der Waals surface area contributed by atoms with Gasteiger partial charge in [-0.25, -0.2) is 0 Å². The molecule has 3 rings (SSSR count). The van der Waals surface area contributed by atoms with Crippen molar-refractivity contribution in [1.29, 1.82) is 0 Å². The summed E-state index contributed by atoms with van der Waals surface area (Å²) in [6.45, 7) is 5.60. The van der Waals surface area contributed by atoms with Crippen LogP contribution in [-0.2, 0) is 17.8 Å². The maximum Gasteiger partial charge on any atom is 0.273 e. The number of carbonyl (C=O) groups excluding carboxylic acids is 2. The summed E-state index contributed by atoms with van der Waals surface area (Å²) in [6.07, 6.45) is 4.75. The number of hydrogen-bond donors (Lipinski definition) is 2. The lowest BCUT2D eigenvalue weighted by Gasteiger charge is -2.23. The van der Waals surface area contributed by atoms with E-state index in [2.05, 4.69) is 25.7 Å². The first-order valence-corrected chi connectivity index (χ1v) is 9.27. The molecule has 0 bridgehead atoms. The normalized spacial score (nSPS) is 19.8.